The monoisotopic (exact) mass is 1370 g/mol. The Hall–Kier alpha value is -4.37. The van der Waals surface area contributed by atoms with Crippen LogP contribution in [0, 0.1) is 5.92 Å². The molecule has 5 saturated heterocycles. The van der Waals surface area contributed by atoms with Crippen molar-refractivity contribution in [3.63, 3.8) is 0 Å². The number of unbranched alkanes of at least 4 members (excludes halogenated alkanes) is 7. The molecule has 536 valence electrons. The summed E-state index contributed by atoms with van der Waals surface area (Å²) in [5.74, 6) is -7.08. The van der Waals surface area contributed by atoms with Crippen molar-refractivity contribution >= 4 is 43.5 Å². The molecule has 39 heteroatoms. The third-order valence-corrected chi connectivity index (χ3v) is 17.2. The molecule has 21 N–H and O–H groups in total. The number of rotatable bonds is 35. The van der Waals surface area contributed by atoms with Crippen LogP contribution in [0.1, 0.15) is 92.4 Å². The molecule has 38 nitrogen and oxygen atoms in total. The lowest BCUT2D eigenvalue weighted by atomic mass is 9.85. The predicted molar refractivity (Wildman–Crippen MR) is 305 cm³/mol. The Bertz CT molecular complexity index is 2490. The van der Waals surface area contributed by atoms with E-state index in [0.29, 0.717) is 12.8 Å². The molecule has 0 aromatic rings. The molecule has 5 fully saturated rings. The minimum absolute atomic E-state index is 0.468. The molecule has 29 atom stereocenters. The zero-order valence-corrected chi connectivity index (χ0v) is 52.6. The van der Waals surface area contributed by atoms with Crippen molar-refractivity contribution in [3.05, 3.63) is 12.7 Å². The lowest BCUT2D eigenvalue weighted by molar-refractivity contribution is -0.375. The van der Waals surface area contributed by atoms with Crippen molar-refractivity contribution in [1.29, 1.82) is 0 Å². The number of primary amides is 3. The van der Waals surface area contributed by atoms with Crippen molar-refractivity contribution in [2.45, 2.75) is 258 Å². The van der Waals surface area contributed by atoms with Gasteiger partial charge >= 0.3 is 19.9 Å². The number of hydrogen-bond acceptors (Lipinski definition) is 31. The Morgan fingerprint density at radius 1 is 0.667 bits per heavy atom. The third-order valence-electron chi connectivity index (χ3n) is 16.2. The maximum absolute atomic E-state index is 14.0. The van der Waals surface area contributed by atoms with Crippen LogP contribution in [0.3, 0.4) is 0 Å². The first kappa shape index (κ1) is 79.3. The van der Waals surface area contributed by atoms with Gasteiger partial charge in [0.05, 0.1) is 38.6 Å². The smallest absolute Gasteiger partial charge is 0.474 e. The summed E-state index contributed by atoms with van der Waals surface area (Å²) in [6.07, 6.45) is -41.2. The number of ether oxygens (including phenoxy) is 11. The number of nitrogens with two attached hydrogens (primary N) is 3. The van der Waals surface area contributed by atoms with Gasteiger partial charge in [0.15, 0.2) is 62.0 Å². The van der Waals surface area contributed by atoms with Crippen LogP contribution in [0.25, 0.3) is 0 Å². The third kappa shape index (κ3) is 21.1. The second-order valence-electron chi connectivity index (χ2n) is 23.4. The van der Waals surface area contributed by atoms with E-state index >= 15 is 0 Å². The molecule has 0 aromatic carbocycles. The first-order chi connectivity index (χ1) is 43.6. The number of carbonyl (C=O) groups is 6. The van der Waals surface area contributed by atoms with Crippen molar-refractivity contribution in [2.75, 3.05) is 26.4 Å². The Kier molecular flexibility index (Phi) is 30.5. The van der Waals surface area contributed by atoms with Gasteiger partial charge in [-0.1, -0.05) is 64.4 Å². The van der Waals surface area contributed by atoms with Crippen molar-refractivity contribution in [2.24, 2.45) is 23.1 Å². The topological polar surface area (TPSA) is 605 Å². The molecule has 5 heterocycles. The predicted octanol–water partition coefficient (Wildman–Crippen LogP) is -6.83. The van der Waals surface area contributed by atoms with Crippen molar-refractivity contribution < 1.29 is 161 Å². The number of carboxylic acids is 1. The van der Waals surface area contributed by atoms with E-state index < -0.39 is 241 Å². The zero-order chi connectivity index (χ0) is 69.6. The van der Waals surface area contributed by atoms with Gasteiger partial charge in [0.1, 0.15) is 90.9 Å². The first-order valence-electron chi connectivity index (χ1n) is 30.1. The largest absolute Gasteiger partial charge is 0.479 e. The van der Waals surface area contributed by atoms with Gasteiger partial charge < -0.3 is 146 Å². The standard InChI is InChI=1S/C54H92N5O33P/c1-7-9-10-11-12-13-14-15-16-24(8-2)25(63)18-80-28(47(74)75)20-82-93(78,79)92-52-42(43(91-53(57)76)54(6,77)44(90-52)46(56)73)89-49-30(59-23(5)62)33(66)40(27(85-49)19-81-50-37(70)34(67)31(64)26(17-60)84-50)87-48-29(58-22(4)61)32(65)39(21(3)83-48)86-51-38(71)35(68)36(69)41(88-51)45(55)72/h8,21,24-44,48-52,60,63-71,77H,2,7,9-20H2,1,3-6H3,(H2,55,72)(H2,56,73)(H2,57,76)(H,58,61)(H,59,62)(H,74,75)(H,78,79)/t21-,24?,25?,26-,27-,28-,29-,30-,31-,32-,33-,34+,35+,36-,37-,38-,39-,40-,41+,42-,43-,44-,48+,49+,50-,51-,52-,54+/m1/s1. The van der Waals surface area contributed by atoms with Crippen LogP contribution >= 0.6 is 7.82 Å². The summed E-state index contributed by atoms with van der Waals surface area (Å²) < 4.78 is 87.7. The van der Waals surface area contributed by atoms with E-state index in [-0.39, 0.29) is 0 Å². The summed E-state index contributed by atoms with van der Waals surface area (Å²) in [5, 5.41) is 136. The summed E-state index contributed by atoms with van der Waals surface area (Å²) in [6, 6.07) is -3.92. The van der Waals surface area contributed by atoms with E-state index in [1.807, 2.05) is 0 Å². The number of nitrogens with one attached hydrogen (secondary N) is 2. The van der Waals surface area contributed by atoms with Crippen molar-refractivity contribution in [1.82, 2.24) is 10.6 Å². The SMILES string of the molecule is C=CC(CCCCCCCCCC)C(O)CO[C@H](COP(=O)(O)O[C@H]1O[C@H](C(N)=O)[C@@](C)(O)[C@H](OC(N)=O)[C@H]1O[C@@H]1O[C@H](CO[C@@H]2O[C@H](CO)[C@@H](O)[C@H](O)[C@H]2O)[C@@H](O[C@@H]2O[C@H](C)[C@@H](O[C@@H]3O[C@H](C(N)=O)[C@H](O)[C@H](O)[C@H]3O)[C@H](O)[C@H]2NC(C)=O)[C@H](O)[C@H]1NC(C)=O)C(=O)O. The van der Waals surface area contributed by atoms with Crippen LogP contribution < -0.4 is 27.8 Å². The highest BCUT2D eigenvalue weighted by Gasteiger charge is 2.62. The molecular weight excluding hydrogens is 1280 g/mol. The van der Waals surface area contributed by atoms with Crippen LogP contribution in [0.5, 0.6) is 0 Å². The number of aliphatic carboxylic acids is 1. The van der Waals surface area contributed by atoms with Gasteiger partial charge in [-0.3, -0.25) is 28.2 Å². The van der Waals surface area contributed by atoms with Crippen LogP contribution in [0.2, 0.25) is 0 Å². The minimum Gasteiger partial charge on any atom is -0.479 e. The number of carbonyl (C=O) groups excluding carboxylic acids is 5. The van der Waals surface area contributed by atoms with E-state index in [2.05, 4.69) is 24.1 Å². The maximum atomic E-state index is 14.0. The lowest BCUT2D eigenvalue weighted by Crippen LogP contribution is -2.72. The highest BCUT2D eigenvalue weighted by molar-refractivity contribution is 7.47. The molecule has 0 radical (unpaired) electrons. The molecule has 0 bridgehead atoms. The molecule has 0 aromatic heterocycles. The average Bonchev–Trinajstić information content (AvgIpc) is 0.756. The van der Waals surface area contributed by atoms with Gasteiger partial charge in [0, 0.05) is 19.8 Å². The molecule has 93 heavy (non-hydrogen) atoms. The molecule has 5 aliphatic rings. The fraction of sp³-hybridized carbons (Fsp3) is 0.852. The van der Waals surface area contributed by atoms with E-state index in [1.165, 1.54) is 13.0 Å². The number of carboxylic acid groups (broad SMARTS) is 1. The number of hydrogen-bond donors (Lipinski definition) is 18. The van der Waals surface area contributed by atoms with Crippen LogP contribution in [-0.4, -0.2) is 293 Å². The van der Waals surface area contributed by atoms with Crippen LogP contribution in [0.15, 0.2) is 12.7 Å². The maximum Gasteiger partial charge on any atom is 0.474 e. The molecule has 5 amide bonds. The van der Waals surface area contributed by atoms with Gasteiger partial charge in [-0.25, -0.2) is 14.2 Å². The Labute approximate surface area is 533 Å². The summed E-state index contributed by atoms with van der Waals surface area (Å²) in [5.41, 5.74) is 13.4. The number of aliphatic hydroxyl groups excluding tert-OH is 10. The van der Waals surface area contributed by atoms with Crippen LogP contribution in [-0.2, 0) is 89.7 Å². The zero-order valence-electron chi connectivity index (χ0n) is 51.7. The van der Waals surface area contributed by atoms with Gasteiger partial charge in [-0.05, 0) is 20.3 Å². The second kappa shape index (κ2) is 35.8. The highest BCUT2D eigenvalue weighted by atomic mass is 31.2. The summed E-state index contributed by atoms with van der Waals surface area (Å²) in [4.78, 5) is 87.4. The fourth-order valence-corrected chi connectivity index (χ4v) is 12.0. The number of phosphoric acid groups is 1. The summed E-state index contributed by atoms with van der Waals surface area (Å²) in [7, 11) is -5.87. The number of aliphatic hydroxyl groups is 11. The van der Waals surface area contributed by atoms with Gasteiger partial charge in [0.25, 0.3) is 0 Å². The molecule has 0 spiro atoms. The van der Waals surface area contributed by atoms with Gasteiger partial charge in [0.2, 0.25) is 23.6 Å². The van der Waals surface area contributed by atoms with Crippen LogP contribution in [0.4, 0.5) is 4.79 Å². The molecule has 3 unspecified atom stereocenters. The Morgan fingerprint density at radius 2 is 1.20 bits per heavy atom. The molecule has 0 saturated carbocycles. The Balaban J connectivity index is 1.49. The van der Waals surface area contributed by atoms with E-state index in [9.17, 15) is 99.5 Å². The second-order valence-corrected chi connectivity index (χ2v) is 24.9. The quantitative estimate of drug-likeness (QED) is 0.0159. The molecule has 0 aliphatic carbocycles. The molecular formula is C54H92N5O33P. The number of phosphoric ester groups is 1. The average molecular weight is 1370 g/mol. The van der Waals surface area contributed by atoms with Crippen molar-refractivity contribution in [3.8, 4) is 0 Å². The summed E-state index contributed by atoms with van der Waals surface area (Å²) >= 11 is 0. The van der Waals surface area contributed by atoms with Gasteiger partial charge in [-0.2, -0.15) is 0 Å². The minimum atomic E-state index is -5.87. The van der Waals surface area contributed by atoms with E-state index in [1.54, 1.807) is 0 Å². The highest BCUT2D eigenvalue weighted by Crippen LogP contribution is 2.49. The lowest BCUT2D eigenvalue weighted by Gasteiger charge is -2.52. The normalized spacial score (nSPS) is 38.9. The fourth-order valence-electron chi connectivity index (χ4n) is 11.2. The van der Waals surface area contributed by atoms with E-state index in [4.69, 9.17) is 78.4 Å². The molecule has 5 aliphatic heterocycles. The molecule has 5 rings (SSSR count). The summed E-state index contributed by atoms with van der Waals surface area (Å²) in [6.45, 7) is 5.79. The first-order valence-corrected chi connectivity index (χ1v) is 31.6. The van der Waals surface area contributed by atoms with E-state index in [0.717, 1.165) is 65.7 Å². The number of amides is 5. The Morgan fingerprint density at radius 3 is 1.75 bits per heavy atom. The van der Waals surface area contributed by atoms with Gasteiger partial charge in [-0.15, -0.1) is 6.58 Å².